The van der Waals surface area contributed by atoms with Crippen LogP contribution in [0.15, 0.2) is 40.2 Å². The minimum Gasteiger partial charge on any atom is -0.387 e. The molecule has 0 amide bonds. The molecule has 1 unspecified atom stereocenters. The van der Waals surface area contributed by atoms with Crippen molar-refractivity contribution in [1.82, 2.24) is 0 Å². The summed E-state index contributed by atoms with van der Waals surface area (Å²) in [6.45, 7) is 2.15. The van der Waals surface area contributed by atoms with Crippen molar-refractivity contribution in [3.63, 3.8) is 0 Å². The predicted octanol–water partition coefficient (Wildman–Crippen LogP) is 4.35. The van der Waals surface area contributed by atoms with Crippen LogP contribution in [0.4, 0.5) is 0 Å². The van der Waals surface area contributed by atoms with Gasteiger partial charge < -0.3 is 5.11 Å². The Bertz CT molecular complexity index is 475. The predicted molar refractivity (Wildman–Crippen MR) is 76.5 cm³/mol. The lowest BCUT2D eigenvalue weighted by Crippen LogP contribution is -1.99. The summed E-state index contributed by atoms with van der Waals surface area (Å²) < 4.78 is 1.06. The number of thiophene rings is 1. The molecule has 0 radical (unpaired) electrons. The van der Waals surface area contributed by atoms with Crippen LogP contribution in [0.3, 0.4) is 0 Å². The second kappa shape index (κ2) is 5.80. The first-order chi connectivity index (χ1) is 8.19. The summed E-state index contributed by atoms with van der Waals surface area (Å²) in [6.07, 6.45) is 1.33. The third-order valence-corrected chi connectivity index (χ3v) is 4.51. The Balaban J connectivity index is 2.04. The molecule has 1 aromatic carbocycles. The van der Waals surface area contributed by atoms with Gasteiger partial charge >= 0.3 is 0 Å². The van der Waals surface area contributed by atoms with Crippen molar-refractivity contribution in [3.8, 4) is 0 Å². The van der Waals surface area contributed by atoms with Gasteiger partial charge in [-0.2, -0.15) is 0 Å². The molecule has 1 aromatic heterocycles. The second-order valence-electron chi connectivity index (χ2n) is 4.03. The first-order valence-electron chi connectivity index (χ1n) is 5.70. The Labute approximate surface area is 114 Å². The standard InChI is InChI=1S/C14H15BrOS/c1-2-10-3-5-11(6-4-10)9-12(16)13-7-8-14(15)17-13/h3-8,12,16H,2,9H2,1H3. The first kappa shape index (κ1) is 12.8. The summed E-state index contributed by atoms with van der Waals surface area (Å²) in [5.41, 5.74) is 2.52. The van der Waals surface area contributed by atoms with Crippen LogP contribution < -0.4 is 0 Å². The van der Waals surface area contributed by atoms with E-state index in [4.69, 9.17) is 0 Å². The molecule has 1 heterocycles. The number of aryl methyl sites for hydroxylation is 1. The van der Waals surface area contributed by atoms with Crippen LogP contribution in [-0.2, 0) is 12.8 Å². The summed E-state index contributed by atoms with van der Waals surface area (Å²) in [7, 11) is 0. The molecule has 0 aliphatic heterocycles. The zero-order chi connectivity index (χ0) is 12.3. The number of aliphatic hydroxyl groups excluding tert-OH is 1. The van der Waals surface area contributed by atoms with Gasteiger partial charge in [0.2, 0.25) is 0 Å². The maximum absolute atomic E-state index is 10.1. The number of halogens is 1. The number of hydrogen-bond donors (Lipinski definition) is 1. The minimum absolute atomic E-state index is 0.404. The molecule has 1 atom stereocenters. The Hall–Kier alpha value is -0.640. The van der Waals surface area contributed by atoms with E-state index in [9.17, 15) is 5.11 Å². The largest absolute Gasteiger partial charge is 0.387 e. The third kappa shape index (κ3) is 3.41. The number of aliphatic hydroxyl groups is 1. The van der Waals surface area contributed by atoms with E-state index in [1.807, 2.05) is 12.1 Å². The summed E-state index contributed by atoms with van der Waals surface area (Å²) in [5, 5.41) is 10.1. The first-order valence-corrected chi connectivity index (χ1v) is 7.31. The van der Waals surface area contributed by atoms with E-state index in [1.165, 1.54) is 11.1 Å². The normalized spacial score (nSPS) is 12.6. The van der Waals surface area contributed by atoms with Crippen molar-refractivity contribution in [2.24, 2.45) is 0 Å². The Morgan fingerprint density at radius 2 is 1.76 bits per heavy atom. The van der Waals surface area contributed by atoms with E-state index in [1.54, 1.807) is 11.3 Å². The topological polar surface area (TPSA) is 20.2 Å². The molecule has 0 bridgehead atoms. The highest BCUT2D eigenvalue weighted by Crippen LogP contribution is 2.29. The molecule has 1 nitrogen and oxygen atoms in total. The fourth-order valence-electron chi connectivity index (χ4n) is 1.74. The molecular formula is C14H15BrOS. The van der Waals surface area contributed by atoms with Crippen molar-refractivity contribution in [2.75, 3.05) is 0 Å². The molecule has 2 rings (SSSR count). The fraction of sp³-hybridized carbons (Fsp3) is 0.286. The van der Waals surface area contributed by atoms with Crippen molar-refractivity contribution >= 4 is 27.3 Å². The SMILES string of the molecule is CCc1ccc(CC(O)c2ccc(Br)s2)cc1. The van der Waals surface area contributed by atoms with Crippen LogP contribution in [-0.4, -0.2) is 5.11 Å². The van der Waals surface area contributed by atoms with E-state index in [-0.39, 0.29) is 0 Å². The Morgan fingerprint density at radius 1 is 1.12 bits per heavy atom. The van der Waals surface area contributed by atoms with E-state index in [0.29, 0.717) is 6.42 Å². The molecule has 0 aliphatic carbocycles. The van der Waals surface area contributed by atoms with Gasteiger partial charge in [-0.05, 0) is 45.6 Å². The fourth-order valence-corrected chi connectivity index (χ4v) is 3.15. The van der Waals surface area contributed by atoms with Gasteiger partial charge in [-0.1, -0.05) is 31.2 Å². The van der Waals surface area contributed by atoms with Crippen LogP contribution in [0.2, 0.25) is 0 Å². The van der Waals surface area contributed by atoms with Crippen molar-refractivity contribution in [1.29, 1.82) is 0 Å². The summed E-state index contributed by atoms with van der Waals surface area (Å²) >= 11 is 5.00. The van der Waals surface area contributed by atoms with E-state index >= 15 is 0 Å². The zero-order valence-electron chi connectivity index (χ0n) is 9.69. The molecule has 3 heteroatoms. The maximum Gasteiger partial charge on any atom is 0.0922 e. The molecule has 1 N–H and O–H groups in total. The van der Waals surface area contributed by atoms with Gasteiger partial charge in [0.15, 0.2) is 0 Å². The van der Waals surface area contributed by atoms with Crippen molar-refractivity contribution in [2.45, 2.75) is 25.9 Å². The Morgan fingerprint density at radius 3 is 2.29 bits per heavy atom. The lowest BCUT2D eigenvalue weighted by atomic mass is 10.0. The van der Waals surface area contributed by atoms with Gasteiger partial charge in [0, 0.05) is 11.3 Å². The van der Waals surface area contributed by atoms with Crippen molar-refractivity contribution < 1.29 is 5.11 Å². The number of hydrogen-bond acceptors (Lipinski definition) is 2. The second-order valence-corrected chi connectivity index (χ2v) is 6.53. The van der Waals surface area contributed by atoms with Gasteiger partial charge in [0.25, 0.3) is 0 Å². The maximum atomic E-state index is 10.1. The quantitative estimate of drug-likeness (QED) is 0.890. The highest BCUT2D eigenvalue weighted by atomic mass is 79.9. The molecule has 0 fully saturated rings. The third-order valence-electron chi connectivity index (χ3n) is 2.78. The molecule has 0 saturated heterocycles. The van der Waals surface area contributed by atoms with Crippen LogP contribution >= 0.6 is 27.3 Å². The summed E-state index contributed by atoms with van der Waals surface area (Å²) in [5.74, 6) is 0. The monoisotopic (exact) mass is 310 g/mol. The smallest absolute Gasteiger partial charge is 0.0922 e. The zero-order valence-corrected chi connectivity index (χ0v) is 12.1. The van der Waals surface area contributed by atoms with Gasteiger partial charge in [0.05, 0.1) is 9.89 Å². The molecule has 0 saturated carbocycles. The molecule has 0 spiro atoms. The average molecular weight is 311 g/mol. The van der Waals surface area contributed by atoms with Gasteiger partial charge in [-0.3, -0.25) is 0 Å². The highest BCUT2D eigenvalue weighted by Gasteiger charge is 2.10. The van der Waals surface area contributed by atoms with Gasteiger partial charge in [-0.25, -0.2) is 0 Å². The van der Waals surface area contributed by atoms with Crippen LogP contribution in [0.5, 0.6) is 0 Å². The molecular weight excluding hydrogens is 296 g/mol. The number of benzene rings is 1. The lowest BCUT2D eigenvalue weighted by molar-refractivity contribution is 0.182. The van der Waals surface area contributed by atoms with Crippen LogP contribution in [0.1, 0.15) is 29.0 Å². The van der Waals surface area contributed by atoms with Crippen molar-refractivity contribution in [3.05, 3.63) is 56.2 Å². The molecule has 0 aliphatic rings. The highest BCUT2D eigenvalue weighted by molar-refractivity contribution is 9.11. The molecule has 17 heavy (non-hydrogen) atoms. The summed E-state index contributed by atoms with van der Waals surface area (Å²) in [6, 6.07) is 12.4. The molecule has 90 valence electrons. The van der Waals surface area contributed by atoms with Gasteiger partial charge in [-0.15, -0.1) is 11.3 Å². The van der Waals surface area contributed by atoms with E-state index < -0.39 is 6.10 Å². The van der Waals surface area contributed by atoms with Crippen LogP contribution in [0.25, 0.3) is 0 Å². The number of rotatable bonds is 4. The van der Waals surface area contributed by atoms with Gasteiger partial charge in [0.1, 0.15) is 0 Å². The molecule has 2 aromatic rings. The summed E-state index contributed by atoms with van der Waals surface area (Å²) in [4.78, 5) is 1.01. The van der Waals surface area contributed by atoms with E-state index in [2.05, 4.69) is 47.1 Å². The average Bonchev–Trinajstić information content (AvgIpc) is 2.77. The Kier molecular flexibility index (Phi) is 4.37. The van der Waals surface area contributed by atoms with Crippen LogP contribution in [0, 0.1) is 0 Å². The minimum atomic E-state index is -0.404. The lowest BCUT2D eigenvalue weighted by Gasteiger charge is -2.08. The van der Waals surface area contributed by atoms with E-state index in [0.717, 1.165) is 15.1 Å².